The normalized spacial score (nSPS) is 11.1. The number of carbonyl (C=O) groups is 3. The standard InChI is InChI=1S/C18H24N4O4S/c1-11(23)20-16-22-13-8-7-12(10-14(13)27-16)21-15(24)6-5-9-19-17(25)26-18(2,3)4/h7-8,10H,5-6,9H2,1-4H3,(H,19,25)(H,21,24)(H,20,22,23). The van der Waals surface area contributed by atoms with Gasteiger partial charge in [-0.05, 0) is 45.4 Å². The molecule has 0 saturated heterocycles. The van der Waals surface area contributed by atoms with Crippen LogP contribution >= 0.6 is 11.3 Å². The SMILES string of the molecule is CC(=O)Nc1nc2ccc(NC(=O)CCCNC(=O)OC(C)(C)C)cc2s1. The van der Waals surface area contributed by atoms with Crippen LogP contribution in [0.1, 0.15) is 40.5 Å². The van der Waals surface area contributed by atoms with E-state index in [0.717, 1.165) is 10.2 Å². The fourth-order valence-corrected chi connectivity index (χ4v) is 3.13. The first kappa shape index (κ1) is 20.6. The fraction of sp³-hybridized carbons (Fsp3) is 0.444. The van der Waals surface area contributed by atoms with Gasteiger partial charge in [-0.3, -0.25) is 9.59 Å². The van der Waals surface area contributed by atoms with Crippen molar-refractivity contribution < 1.29 is 19.1 Å². The summed E-state index contributed by atoms with van der Waals surface area (Å²) in [7, 11) is 0. The van der Waals surface area contributed by atoms with E-state index in [4.69, 9.17) is 4.74 Å². The Balaban J connectivity index is 1.80. The van der Waals surface area contributed by atoms with Crippen molar-refractivity contribution in [3.8, 4) is 0 Å². The molecule has 0 fully saturated rings. The van der Waals surface area contributed by atoms with Crippen LogP contribution in [0.3, 0.4) is 0 Å². The van der Waals surface area contributed by atoms with Crippen molar-refractivity contribution in [3.05, 3.63) is 18.2 Å². The largest absolute Gasteiger partial charge is 0.444 e. The second-order valence-electron chi connectivity index (χ2n) is 6.96. The summed E-state index contributed by atoms with van der Waals surface area (Å²) >= 11 is 1.34. The van der Waals surface area contributed by atoms with E-state index in [9.17, 15) is 14.4 Å². The number of hydrogen-bond donors (Lipinski definition) is 3. The Bertz CT molecular complexity index is 841. The molecule has 0 spiro atoms. The molecule has 0 bridgehead atoms. The molecule has 1 aromatic heterocycles. The molecule has 27 heavy (non-hydrogen) atoms. The third-order valence-electron chi connectivity index (χ3n) is 3.20. The van der Waals surface area contributed by atoms with Crippen LogP contribution in [-0.2, 0) is 14.3 Å². The van der Waals surface area contributed by atoms with Gasteiger partial charge in [0.15, 0.2) is 5.13 Å². The zero-order valence-corrected chi connectivity index (χ0v) is 16.7. The van der Waals surface area contributed by atoms with Gasteiger partial charge in [-0.25, -0.2) is 9.78 Å². The Kier molecular flexibility index (Phi) is 6.73. The van der Waals surface area contributed by atoms with E-state index >= 15 is 0 Å². The molecule has 8 nitrogen and oxygen atoms in total. The average Bonchev–Trinajstić information content (AvgIpc) is 2.90. The molecule has 2 aromatic rings. The molecular weight excluding hydrogens is 368 g/mol. The van der Waals surface area contributed by atoms with Crippen LogP contribution in [-0.4, -0.2) is 35.0 Å². The van der Waals surface area contributed by atoms with Crippen LogP contribution in [0, 0.1) is 0 Å². The van der Waals surface area contributed by atoms with Gasteiger partial charge in [-0.2, -0.15) is 0 Å². The van der Waals surface area contributed by atoms with Gasteiger partial charge in [0.05, 0.1) is 10.2 Å². The maximum absolute atomic E-state index is 12.0. The third-order valence-corrected chi connectivity index (χ3v) is 4.14. The molecule has 0 unspecified atom stereocenters. The Hall–Kier alpha value is -2.68. The van der Waals surface area contributed by atoms with Gasteiger partial charge in [-0.15, -0.1) is 0 Å². The average molecular weight is 392 g/mol. The molecule has 0 atom stereocenters. The van der Waals surface area contributed by atoms with E-state index in [1.54, 1.807) is 32.9 Å². The van der Waals surface area contributed by atoms with Crippen molar-refractivity contribution >= 4 is 50.3 Å². The fourth-order valence-electron chi connectivity index (χ4n) is 2.18. The number of anilines is 2. The van der Waals surface area contributed by atoms with Crippen LogP contribution in [0.25, 0.3) is 10.2 Å². The minimum Gasteiger partial charge on any atom is -0.444 e. The minimum absolute atomic E-state index is 0.146. The molecule has 1 heterocycles. The molecule has 9 heteroatoms. The van der Waals surface area contributed by atoms with Crippen LogP contribution in [0.5, 0.6) is 0 Å². The first-order chi connectivity index (χ1) is 12.6. The predicted octanol–water partition coefficient (Wildman–Crippen LogP) is 3.50. The van der Waals surface area contributed by atoms with Gasteiger partial charge >= 0.3 is 6.09 Å². The smallest absolute Gasteiger partial charge is 0.407 e. The lowest BCUT2D eigenvalue weighted by atomic mass is 10.2. The van der Waals surface area contributed by atoms with Crippen LogP contribution in [0.4, 0.5) is 15.6 Å². The van der Waals surface area contributed by atoms with E-state index in [1.807, 2.05) is 6.07 Å². The Labute approximate surface area is 161 Å². The van der Waals surface area contributed by atoms with E-state index in [1.165, 1.54) is 18.3 Å². The van der Waals surface area contributed by atoms with Crippen molar-refractivity contribution in [2.24, 2.45) is 0 Å². The Morgan fingerprint density at radius 1 is 1.19 bits per heavy atom. The zero-order valence-electron chi connectivity index (χ0n) is 15.8. The number of amides is 3. The topological polar surface area (TPSA) is 109 Å². The Morgan fingerprint density at radius 3 is 2.59 bits per heavy atom. The predicted molar refractivity (Wildman–Crippen MR) is 106 cm³/mol. The number of benzene rings is 1. The van der Waals surface area contributed by atoms with Crippen molar-refractivity contribution in [3.63, 3.8) is 0 Å². The summed E-state index contributed by atoms with van der Waals surface area (Å²) < 4.78 is 5.99. The molecular formula is C18H24N4O4S. The summed E-state index contributed by atoms with van der Waals surface area (Å²) in [6.45, 7) is 7.16. The molecule has 2 rings (SSSR count). The van der Waals surface area contributed by atoms with Gasteiger partial charge in [0.25, 0.3) is 0 Å². The van der Waals surface area contributed by atoms with Gasteiger partial charge in [-0.1, -0.05) is 11.3 Å². The zero-order chi connectivity index (χ0) is 20.0. The highest BCUT2D eigenvalue weighted by atomic mass is 32.1. The monoisotopic (exact) mass is 392 g/mol. The van der Waals surface area contributed by atoms with Crippen LogP contribution < -0.4 is 16.0 Å². The number of rotatable bonds is 6. The minimum atomic E-state index is -0.545. The number of nitrogens with zero attached hydrogens (tertiary/aromatic N) is 1. The first-order valence-electron chi connectivity index (χ1n) is 8.57. The summed E-state index contributed by atoms with van der Waals surface area (Å²) in [5, 5.41) is 8.61. The van der Waals surface area contributed by atoms with E-state index in [0.29, 0.717) is 23.8 Å². The number of nitrogens with one attached hydrogen (secondary N) is 3. The lowest BCUT2D eigenvalue weighted by molar-refractivity contribution is -0.116. The van der Waals surface area contributed by atoms with Gasteiger partial charge in [0.2, 0.25) is 11.8 Å². The number of alkyl carbamates (subject to hydrolysis) is 1. The second kappa shape index (κ2) is 8.81. The summed E-state index contributed by atoms with van der Waals surface area (Å²) in [5.41, 5.74) is 0.866. The molecule has 3 amide bonds. The summed E-state index contributed by atoms with van der Waals surface area (Å²) in [6, 6.07) is 5.36. The van der Waals surface area contributed by atoms with Gasteiger partial charge in [0, 0.05) is 25.6 Å². The number of fused-ring (bicyclic) bond motifs is 1. The van der Waals surface area contributed by atoms with E-state index in [2.05, 4.69) is 20.9 Å². The maximum Gasteiger partial charge on any atom is 0.407 e. The van der Waals surface area contributed by atoms with Crippen molar-refractivity contribution in [2.45, 2.75) is 46.1 Å². The Morgan fingerprint density at radius 2 is 1.93 bits per heavy atom. The quantitative estimate of drug-likeness (QED) is 0.652. The summed E-state index contributed by atoms with van der Waals surface area (Å²) in [5.74, 6) is -0.325. The number of ether oxygens (including phenoxy) is 1. The number of thiazole rings is 1. The molecule has 0 aliphatic carbocycles. The van der Waals surface area contributed by atoms with Crippen molar-refractivity contribution in [1.82, 2.24) is 10.3 Å². The molecule has 0 aliphatic rings. The van der Waals surface area contributed by atoms with E-state index in [-0.39, 0.29) is 18.2 Å². The first-order valence-corrected chi connectivity index (χ1v) is 9.39. The third kappa shape index (κ3) is 7.22. The number of carbonyl (C=O) groups excluding carboxylic acids is 3. The molecule has 0 saturated carbocycles. The molecule has 1 aromatic carbocycles. The molecule has 146 valence electrons. The highest BCUT2D eigenvalue weighted by Gasteiger charge is 2.15. The molecule has 0 aliphatic heterocycles. The summed E-state index contributed by atoms with van der Waals surface area (Å²) in [4.78, 5) is 39.0. The number of hydrogen-bond acceptors (Lipinski definition) is 6. The molecule has 3 N–H and O–H groups in total. The molecule has 0 radical (unpaired) electrons. The highest BCUT2D eigenvalue weighted by molar-refractivity contribution is 7.22. The van der Waals surface area contributed by atoms with Crippen molar-refractivity contribution in [2.75, 3.05) is 17.2 Å². The lowest BCUT2D eigenvalue weighted by Crippen LogP contribution is -2.33. The number of aromatic nitrogens is 1. The second-order valence-corrected chi connectivity index (χ2v) is 7.99. The highest BCUT2D eigenvalue weighted by Crippen LogP contribution is 2.28. The lowest BCUT2D eigenvalue weighted by Gasteiger charge is -2.19. The van der Waals surface area contributed by atoms with Crippen LogP contribution in [0.15, 0.2) is 18.2 Å². The van der Waals surface area contributed by atoms with E-state index < -0.39 is 11.7 Å². The van der Waals surface area contributed by atoms with Crippen molar-refractivity contribution in [1.29, 1.82) is 0 Å². The van der Waals surface area contributed by atoms with Gasteiger partial charge < -0.3 is 20.7 Å². The maximum atomic E-state index is 12.0. The van der Waals surface area contributed by atoms with Crippen LogP contribution in [0.2, 0.25) is 0 Å². The summed E-state index contributed by atoms with van der Waals surface area (Å²) in [6.07, 6.45) is 0.280. The van der Waals surface area contributed by atoms with Gasteiger partial charge in [0.1, 0.15) is 5.60 Å².